The third-order valence-corrected chi connectivity index (χ3v) is 2.70. The Morgan fingerprint density at radius 2 is 2.18 bits per heavy atom. The lowest BCUT2D eigenvalue weighted by Gasteiger charge is -2.26. The van der Waals surface area contributed by atoms with Gasteiger partial charge in [-0.15, -0.1) is 0 Å². The fraction of sp³-hybridized carbons (Fsp3) is 0.778. The fourth-order valence-corrected chi connectivity index (χ4v) is 1.76. The smallest absolute Gasteiger partial charge is 0.475 e. The number of likely N-dealkylation sites (tertiary alicyclic amines) is 1. The summed E-state index contributed by atoms with van der Waals surface area (Å²) in [6, 6.07) is 0. The van der Waals surface area contributed by atoms with Gasteiger partial charge in [-0.2, -0.15) is 0 Å². The normalized spacial score (nSPS) is 20.2. The van der Waals surface area contributed by atoms with E-state index in [1.54, 1.807) is 6.92 Å². The second kappa shape index (κ2) is 8.05. The number of rotatable bonds is 3. The van der Waals surface area contributed by atoms with Crippen LogP contribution in [0.5, 0.6) is 0 Å². The van der Waals surface area contributed by atoms with E-state index in [0.29, 0.717) is 19.5 Å². The molecule has 1 aliphatic rings. The highest BCUT2D eigenvalue weighted by Gasteiger charge is 2.37. The summed E-state index contributed by atoms with van der Waals surface area (Å²) in [4.78, 5) is 21.6. The fourth-order valence-electron chi connectivity index (χ4n) is 1.76. The first kappa shape index (κ1) is 15.9. The molecule has 2 atom stereocenters. The molecule has 7 nitrogen and oxygen atoms in total. The maximum atomic E-state index is 11.7. The molecule has 0 aromatic heterocycles. The van der Waals surface area contributed by atoms with Crippen molar-refractivity contribution in [1.29, 1.82) is 0 Å². The summed E-state index contributed by atoms with van der Waals surface area (Å²) in [6.45, 7) is 2.40. The molecule has 8 heteroatoms. The summed E-state index contributed by atoms with van der Waals surface area (Å²) >= 11 is 0. The molecule has 0 aromatic carbocycles. The summed E-state index contributed by atoms with van der Waals surface area (Å²) in [5, 5.41) is 25.0. The number of hydrogen-bond acceptors (Lipinski definition) is 5. The lowest BCUT2D eigenvalue weighted by molar-refractivity contribution is -0.134. The van der Waals surface area contributed by atoms with Crippen molar-refractivity contribution in [2.45, 2.75) is 25.7 Å². The van der Waals surface area contributed by atoms with Gasteiger partial charge in [0.1, 0.15) is 0 Å². The van der Waals surface area contributed by atoms with E-state index in [0.717, 1.165) is 6.42 Å². The first-order chi connectivity index (χ1) is 7.99. The van der Waals surface area contributed by atoms with Gasteiger partial charge < -0.3 is 25.8 Å². The van der Waals surface area contributed by atoms with Gasteiger partial charge in [-0.3, -0.25) is 9.59 Å². The number of hydrogen-bond donors (Lipinski definition) is 4. The van der Waals surface area contributed by atoms with Gasteiger partial charge in [-0.05, 0) is 12.8 Å². The van der Waals surface area contributed by atoms with Gasteiger partial charge in [-0.25, -0.2) is 0 Å². The van der Waals surface area contributed by atoms with Crippen LogP contribution in [0.4, 0.5) is 0 Å². The van der Waals surface area contributed by atoms with Crippen LogP contribution in [-0.4, -0.2) is 58.6 Å². The highest BCUT2D eigenvalue weighted by Crippen LogP contribution is 2.20. The molecule has 0 spiro atoms. The molecule has 0 radical (unpaired) electrons. The minimum Gasteiger partial charge on any atom is -0.483 e. The van der Waals surface area contributed by atoms with Crippen LogP contribution in [0.2, 0.25) is 0 Å². The van der Waals surface area contributed by atoms with Crippen LogP contribution in [0.3, 0.4) is 0 Å². The molecule has 1 unspecified atom stereocenters. The largest absolute Gasteiger partial charge is 0.483 e. The molecule has 1 saturated heterocycles. The van der Waals surface area contributed by atoms with Crippen molar-refractivity contribution in [2.75, 3.05) is 13.1 Å². The third-order valence-electron chi connectivity index (χ3n) is 2.70. The minimum absolute atomic E-state index is 0.0805. The molecule has 1 amide bonds. The van der Waals surface area contributed by atoms with Crippen molar-refractivity contribution in [2.24, 2.45) is 11.7 Å². The van der Waals surface area contributed by atoms with Crippen LogP contribution in [0.25, 0.3) is 0 Å². The minimum atomic E-state index is -1.44. The van der Waals surface area contributed by atoms with Crippen LogP contribution in [0.15, 0.2) is 0 Å². The van der Waals surface area contributed by atoms with Crippen molar-refractivity contribution in [3.63, 3.8) is 0 Å². The monoisotopic (exact) mass is 246 g/mol. The predicted molar refractivity (Wildman–Crippen MR) is 61.8 cm³/mol. The average molecular weight is 246 g/mol. The topological polar surface area (TPSA) is 124 Å². The first-order valence-corrected chi connectivity index (χ1v) is 5.44. The summed E-state index contributed by atoms with van der Waals surface area (Å²) < 4.78 is 0. The van der Waals surface area contributed by atoms with Gasteiger partial charge in [0.05, 0.1) is 5.94 Å². The van der Waals surface area contributed by atoms with Gasteiger partial charge in [-0.1, -0.05) is 6.92 Å². The Bertz CT molecular complexity index is 252. The van der Waals surface area contributed by atoms with Gasteiger partial charge in [0, 0.05) is 19.0 Å². The van der Waals surface area contributed by atoms with Crippen molar-refractivity contribution in [3.05, 3.63) is 0 Å². The maximum Gasteiger partial charge on any atom is 0.475 e. The molecule has 17 heavy (non-hydrogen) atoms. The summed E-state index contributed by atoms with van der Waals surface area (Å²) in [5.74, 6) is -0.769. The van der Waals surface area contributed by atoms with Crippen molar-refractivity contribution in [1.82, 2.24) is 4.90 Å². The number of amides is 1. The van der Waals surface area contributed by atoms with E-state index in [1.807, 2.05) is 0 Å². The van der Waals surface area contributed by atoms with Crippen LogP contribution in [0, 0.1) is 5.92 Å². The lowest BCUT2D eigenvalue weighted by atomic mass is 9.77. The highest BCUT2D eigenvalue weighted by atomic mass is 16.4. The molecule has 5 N–H and O–H groups in total. The van der Waals surface area contributed by atoms with Crippen LogP contribution < -0.4 is 5.73 Å². The van der Waals surface area contributed by atoms with Crippen molar-refractivity contribution >= 4 is 19.5 Å². The zero-order valence-electron chi connectivity index (χ0n) is 9.82. The molecule has 0 aromatic rings. The molecular formula is C9H19BN2O5. The van der Waals surface area contributed by atoms with Crippen LogP contribution in [-0.2, 0) is 9.59 Å². The number of carbonyl (C=O) groups is 2. The summed E-state index contributed by atoms with van der Waals surface area (Å²) in [5.41, 5.74) is 5.39. The third kappa shape index (κ3) is 4.72. The highest BCUT2D eigenvalue weighted by molar-refractivity contribution is 6.43. The Kier molecular flexibility index (Phi) is 7.52. The molecule has 1 fully saturated rings. The van der Waals surface area contributed by atoms with E-state index in [9.17, 15) is 4.79 Å². The zero-order chi connectivity index (χ0) is 13.4. The second-order valence-electron chi connectivity index (χ2n) is 3.90. The van der Waals surface area contributed by atoms with E-state index < -0.39 is 13.1 Å². The molecular weight excluding hydrogens is 227 g/mol. The Morgan fingerprint density at radius 3 is 2.59 bits per heavy atom. The molecule has 0 saturated carbocycles. The second-order valence-corrected chi connectivity index (χ2v) is 3.90. The van der Waals surface area contributed by atoms with Crippen molar-refractivity contribution in [3.8, 4) is 0 Å². The Morgan fingerprint density at radius 1 is 1.65 bits per heavy atom. The summed E-state index contributed by atoms with van der Waals surface area (Å²) in [6.07, 6.45) is 1.48. The first-order valence-electron chi connectivity index (χ1n) is 5.44. The van der Waals surface area contributed by atoms with Crippen molar-refractivity contribution < 1.29 is 24.7 Å². The lowest BCUT2D eigenvalue weighted by Crippen LogP contribution is -2.48. The number of carbonyl (C=O) groups excluding carboxylic acids is 1. The number of nitrogens with two attached hydrogens (primary N) is 1. The number of carboxylic acid groups (broad SMARTS) is 1. The van der Waals surface area contributed by atoms with Gasteiger partial charge in [0.15, 0.2) is 0 Å². The standard InChI is InChI=1S/C8H17BN2O3.CH2O2/c1-6(5-10)8(12)11-4-2-3-7(11)9(13)14;2-1-3/h6-7,13-14H,2-5,10H2,1H3;1H,(H,2,3)/t6?,7-;/m0./s1. The quantitative estimate of drug-likeness (QED) is 0.347. The average Bonchev–Trinajstić information content (AvgIpc) is 2.77. The van der Waals surface area contributed by atoms with Gasteiger partial charge >= 0.3 is 7.12 Å². The molecule has 1 heterocycles. The SMILES string of the molecule is CC(CN)C(=O)N1CCC[C@H]1B(O)O.O=CO. The Labute approximate surface area is 100 Å². The van der Waals surface area contributed by atoms with E-state index >= 15 is 0 Å². The summed E-state index contributed by atoms with van der Waals surface area (Å²) in [7, 11) is -1.44. The van der Waals surface area contributed by atoms with Crippen LogP contribution >= 0.6 is 0 Å². The molecule has 1 aliphatic heterocycles. The van der Waals surface area contributed by atoms with E-state index in [1.165, 1.54) is 4.90 Å². The van der Waals surface area contributed by atoms with Gasteiger partial charge in [0.2, 0.25) is 5.91 Å². The zero-order valence-corrected chi connectivity index (χ0v) is 9.82. The maximum absolute atomic E-state index is 11.7. The van der Waals surface area contributed by atoms with Gasteiger partial charge in [0.25, 0.3) is 6.47 Å². The molecule has 0 aliphatic carbocycles. The van der Waals surface area contributed by atoms with Crippen LogP contribution in [0.1, 0.15) is 19.8 Å². The Hall–Kier alpha value is -1.12. The molecule has 0 bridgehead atoms. The van der Waals surface area contributed by atoms with E-state index in [-0.39, 0.29) is 18.3 Å². The molecule has 98 valence electrons. The predicted octanol–water partition coefficient (Wildman–Crippen LogP) is -1.71. The van der Waals surface area contributed by atoms with E-state index in [4.69, 9.17) is 25.7 Å². The van der Waals surface area contributed by atoms with E-state index in [2.05, 4.69) is 0 Å². The number of nitrogens with zero attached hydrogens (tertiary/aromatic N) is 1. The molecule has 1 rings (SSSR count). The Balaban J connectivity index is 0.000000770.